The number of ether oxygens (including phenoxy) is 1. The number of hydrogen-bond donors (Lipinski definition) is 1. The molecule has 0 unspecified atom stereocenters. The fourth-order valence-corrected chi connectivity index (χ4v) is 6.10. The first-order valence-electron chi connectivity index (χ1n) is 12.3. The van der Waals surface area contributed by atoms with E-state index in [-0.39, 0.29) is 5.41 Å². The number of aldehydes is 1. The average molecular weight is 566 g/mol. The van der Waals surface area contributed by atoms with Crippen molar-refractivity contribution < 1.29 is 14.3 Å². The third-order valence-corrected chi connectivity index (χ3v) is 8.69. The quantitative estimate of drug-likeness (QED) is 0.227. The first-order chi connectivity index (χ1) is 18.2. The lowest BCUT2D eigenvalue weighted by molar-refractivity contribution is -0.109. The Bertz CT molecular complexity index is 1530. The average Bonchev–Trinajstić information content (AvgIpc) is 3.63. The minimum Gasteiger partial charge on any atom is -0.441 e. The Morgan fingerprint density at radius 3 is 2.42 bits per heavy atom. The van der Waals surface area contributed by atoms with Crippen LogP contribution in [0.5, 0.6) is 0 Å². The number of amides is 1. The smallest absolute Gasteiger partial charge is 0.412 e. The lowest BCUT2D eigenvalue weighted by Crippen LogP contribution is -2.17. The van der Waals surface area contributed by atoms with Crippen molar-refractivity contribution in [3.8, 4) is 21.6 Å². The zero-order valence-electron chi connectivity index (χ0n) is 21.2. The molecule has 1 amide bonds. The highest BCUT2D eigenvalue weighted by Gasteiger charge is 2.44. The predicted octanol–water partition coefficient (Wildman–Crippen LogP) is 8.94. The molecule has 0 aliphatic heterocycles. The number of nitrogens with one attached hydrogen (secondary N) is 1. The maximum Gasteiger partial charge on any atom is 0.412 e. The van der Waals surface area contributed by atoms with Gasteiger partial charge in [-0.1, -0.05) is 65.7 Å². The zero-order chi connectivity index (χ0) is 27.0. The van der Waals surface area contributed by atoms with Crippen LogP contribution in [-0.4, -0.2) is 16.8 Å². The molecule has 0 bridgehead atoms. The summed E-state index contributed by atoms with van der Waals surface area (Å²) in [6, 6.07) is 19.3. The van der Waals surface area contributed by atoms with Crippen LogP contribution in [0.2, 0.25) is 10.0 Å². The van der Waals surface area contributed by atoms with Crippen LogP contribution in [-0.2, 0) is 14.9 Å². The van der Waals surface area contributed by atoms with Gasteiger partial charge >= 0.3 is 6.09 Å². The van der Waals surface area contributed by atoms with Crippen molar-refractivity contribution in [1.82, 2.24) is 4.37 Å². The summed E-state index contributed by atoms with van der Waals surface area (Å²) in [5, 5.41) is 3.94. The molecule has 3 aromatic carbocycles. The number of carbonyl (C=O) groups is 2. The molecule has 0 saturated heterocycles. The summed E-state index contributed by atoms with van der Waals surface area (Å²) in [5.41, 5.74) is 6.56. The van der Waals surface area contributed by atoms with Gasteiger partial charge in [-0.15, -0.1) is 0 Å². The van der Waals surface area contributed by atoms with Gasteiger partial charge in [-0.2, -0.15) is 4.37 Å². The van der Waals surface area contributed by atoms with Crippen molar-refractivity contribution >= 4 is 52.8 Å². The molecule has 38 heavy (non-hydrogen) atoms. The number of nitrogens with zero attached hydrogens (tertiary/aromatic N) is 1. The van der Waals surface area contributed by atoms with Crippen LogP contribution in [0.25, 0.3) is 21.6 Å². The lowest BCUT2D eigenvalue weighted by Gasteiger charge is -2.16. The van der Waals surface area contributed by atoms with Gasteiger partial charge in [0, 0.05) is 21.2 Å². The number of aromatic nitrogens is 1. The summed E-state index contributed by atoms with van der Waals surface area (Å²) in [7, 11) is 0. The van der Waals surface area contributed by atoms with Crippen LogP contribution >= 0.6 is 34.7 Å². The van der Waals surface area contributed by atoms with Crippen LogP contribution < -0.4 is 5.32 Å². The van der Waals surface area contributed by atoms with Crippen LogP contribution in [0.1, 0.15) is 48.3 Å². The number of aryl methyl sites for hydroxylation is 2. The van der Waals surface area contributed by atoms with E-state index in [2.05, 4.69) is 9.69 Å². The number of rotatable bonds is 7. The summed E-state index contributed by atoms with van der Waals surface area (Å²) in [4.78, 5) is 25.0. The number of hydrogen-bond acceptors (Lipinski definition) is 5. The van der Waals surface area contributed by atoms with Crippen LogP contribution in [0, 0.1) is 13.8 Å². The first-order valence-corrected chi connectivity index (χ1v) is 13.8. The van der Waals surface area contributed by atoms with E-state index in [0.717, 1.165) is 57.4 Å². The maximum absolute atomic E-state index is 12.8. The molecule has 4 aromatic rings. The van der Waals surface area contributed by atoms with E-state index in [1.807, 2.05) is 68.4 Å². The molecule has 1 saturated carbocycles. The van der Waals surface area contributed by atoms with Crippen molar-refractivity contribution in [3.05, 3.63) is 93.1 Å². The Morgan fingerprint density at radius 2 is 1.76 bits per heavy atom. The molecule has 1 aliphatic carbocycles. The Balaban J connectivity index is 1.38. The van der Waals surface area contributed by atoms with Gasteiger partial charge in [0.1, 0.15) is 12.4 Å². The standard InChI is InChI=1S/C30H26Cl2N2O3S/c1-17-14-24(26(32)15-23(17)20-8-10-21(11-9-20)30(16-35)12-13-30)28-27(18(2)34-38-28)33-29(36)37-19(3)22-6-4-5-7-25(22)31/h4-11,14-16,19H,12-13H2,1-3H3,(H,33,36)/t19-/m1/s1. The second-order valence-electron chi connectivity index (χ2n) is 9.66. The fourth-order valence-electron chi connectivity index (χ4n) is 4.62. The molecule has 8 heteroatoms. The third kappa shape index (κ3) is 5.08. The molecule has 0 spiro atoms. The van der Waals surface area contributed by atoms with Crippen LogP contribution in [0.4, 0.5) is 10.5 Å². The van der Waals surface area contributed by atoms with Gasteiger partial charge in [0.2, 0.25) is 0 Å². The van der Waals surface area contributed by atoms with Crippen molar-refractivity contribution in [2.75, 3.05) is 5.32 Å². The normalized spacial score (nSPS) is 14.6. The summed E-state index contributed by atoms with van der Waals surface area (Å²) in [6.07, 6.45) is 1.75. The highest BCUT2D eigenvalue weighted by atomic mass is 35.5. The van der Waals surface area contributed by atoms with Gasteiger partial charge in [0.25, 0.3) is 0 Å². The largest absolute Gasteiger partial charge is 0.441 e. The minimum atomic E-state index is -0.602. The highest BCUT2D eigenvalue weighted by molar-refractivity contribution is 7.10. The van der Waals surface area contributed by atoms with Crippen LogP contribution in [0.15, 0.2) is 60.7 Å². The summed E-state index contributed by atoms with van der Waals surface area (Å²) >= 11 is 14.3. The molecule has 1 atom stereocenters. The van der Waals surface area contributed by atoms with E-state index in [9.17, 15) is 9.59 Å². The molecule has 1 heterocycles. The van der Waals surface area contributed by atoms with Crippen molar-refractivity contribution in [1.29, 1.82) is 0 Å². The molecule has 5 rings (SSSR count). The Kier molecular flexibility index (Phi) is 7.32. The Hall–Kier alpha value is -3.19. The van der Waals surface area contributed by atoms with Crippen molar-refractivity contribution in [3.63, 3.8) is 0 Å². The number of benzene rings is 3. The van der Waals surface area contributed by atoms with Gasteiger partial charge < -0.3 is 9.53 Å². The highest BCUT2D eigenvalue weighted by Crippen LogP contribution is 2.47. The second-order valence-corrected chi connectivity index (χ2v) is 11.3. The Labute approximate surface area is 235 Å². The molecule has 1 N–H and O–H groups in total. The van der Waals surface area contributed by atoms with E-state index in [1.54, 1.807) is 13.0 Å². The van der Waals surface area contributed by atoms with Gasteiger partial charge in [-0.05, 0) is 85.6 Å². The van der Waals surface area contributed by atoms with E-state index >= 15 is 0 Å². The van der Waals surface area contributed by atoms with E-state index in [1.165, 1.54) is 11.5 Å². The number of halogens is 2. The molecule has 1 fully saturated rings. The van der Waals surface area contributed by atoms with Crippen LogP contribution in [0.3, 0.4) is 0 Å². The second kappa shape index (κ2) is 10.5. The Morgan fingerprint density at radius 1 is 1.05 bits per heavy atom. The van der Waals surface area contributed by atoms with Crippen molar-refractivity contribution in [2.45, 2.75) is 45.1 Å². The molecule has 0 radical (unpaired) electrons. The number of anilines is 1. The lowest BCUT2D eigenvalue weighted by atomic mass is 9.93. The SMILES string of the molecule is Cc1cc(-c2snc(C)c2NC(=O)O[C@H](C)c2ccccc2Cl)c(Cl)cc1-c1ccc(C2(C=O)CC2)cc1. The van der Waals surface area contributed by atoms with Gasteiger partial charge in [-0.25, -0.2) is 4.79 Å². The van der Waals surface area contributed by atoms with E-state index < -0.39 is 12.2 Å². The molecular formula is C30H26Cl2N2O3S. The fraction of sp³-hybridized carbons (Fsp3) is 0.233. The molecule has 194 valence electrons. The van der Waals surface area contributed by atoms with Gasteiger partial charge in [-0.3, -0.25) is 5.32 Å². The molecular weight excluding hydrogens is 539 g/mol. The summed E-state index contributed by atoms with van der Waals surface area (Å²) in [6.45, 7) is 5.63. The zero-order valence-corrected chi connectivity index (χ0v) is 23.5. The maximum atomic E-state index is 12.8. The summed E-state index contributed by atoms with van der Waals surface area (Å²) in [5.74, 6) is 0. The first kappa shape index (κ1) is 26.4. The van der Waals surface area contributed by atoms with Gasteiger partial charge in [0.05, 0.1) is 21.7 Å². The predicted molar refractivity (Wildman–Crippen MR) is 154 cm³/mol. The summed E-state index contributed by atoms with van der Waals surface area (Å²) < 4.78 is 10.1. The van der Waals surface area contributed by atoms with E-state index in [4.69, 9.17) is 27.9 Å². The molecule has 1 aromatic heterocycles. The molecule has 5 nitrogen and oxygen atoms in total. The molecule has 1 aliphatic rings. The van der Waals surface area contributed by atoms with E-state index in [0.29, 0.717) is 21.4 Å². The third-order valence-electron chi connectivity index (χ3n) is 7.06. The van der Waals surface area contributed by atoms with Gasteiger partial charge in [0.15, 0.2) is 0 Å². The monoisotopic (exact) mass is 564 g/mol. The van der Waals surface area contributed by atoms with Crippen molar-refractivity contribution in [2.24, 2.45) is 0 Å². The topological polar surface area (TPSA) is 68.3 Å². The number of carbonyl (C=O) groups excluding carboxylic acids is 2. The minimum absolute atomic E-state index is 0.297.